The van der Waals surface area contributed by atoms with Crippen LogP contribution in [0.5, 0.6) is 0 Å². The second-order valence-corrected chi connectivity index (χ2v) is 4.04. The first-order valence-electron chi connectivity index (χ1n) is 5.39. The van der Waals surface area contributed by atoms with Gasteiger partial charge >= 0.3 is 0 Å². The molecule has 0 unspecified atom stereocenters. The van der Waals surface area contributed by atoms with Crippen molar-refractivity contribution < 1.29 is 15.0 Å². The number of carbonyl (C=O) groups is 1. The maximum atomic E-state index is 12.0. The first-order chi connectivity index (χ1) is 7.68. The zero-order valence-corrected chi connectivity index (χ0v) is 8.91. The molecule has 0 aliphatic carbocycles. The summed E-state index contributed by atoms with van der Waals surface area (Å²) in [6.45, 7) is 0.695. The van der Waals surface area contributed by atoms with Gasteiger partial charge < -0.3 is 15.1 Å². The highest BCUT2D eigenvalue weighted by Crippen LogP contribution is 2.14. The zero-order valence-electron chi connectivity index (χ0n) is 8.91. The maximum Gasteiger partial charge on any atom is 0.253 e. The van der Waals surface area contributed by atoms with Crippen LogP contribution < -0.4 is 0 Å². The van der Waals surface area contributed by atoms with Crippen LogP contribution in [-0.4, -0.2) is 46.3 Å². The van der Waals surface area contributed by atoms with Gasteiger partial charge in [-0.15, -0.1) is 0 Å². The smallest absolute Gasteiger partial charge is 0.253 e. The maximum absolute atomic E-state index is 12.0. The Labute approximate surface area is 94.1 Å². The van der Waals surface area contributed by atoms with Gasteiger partial charge in [0.15, 0.2) is 0 Å². The fourth-order valence-corrected chi connectivity index (χ4v) is 1.87. The largest absolute Gasteiger partial charge is 0.390 e. The van der Waals surface area contributed by atoms with Gasteiger partial charge in [0.1, 0.15) is 0 Å². The molecule has 0 bridgehead atoms. The van der Waals surface area contributed by atoms with Crippen molar-refractivity contribution in [1.29, 1.82) is 0 Å². The zero-order chi connectivity index (χ0) is 11.5. The molecule has 2 rings (SSSR count). The molecule has 0 saturated carbocycles. The minimum Gasteiger partial charge on any atom is -0.390 e. The Balaban J connectivity index is 2.06. The van der Waals surface area contributed by atoms with Crippen molar-refractivity contribution in [3.05, 3.63) is 35.9 Å². The van der Waals surface area contributed by atoms with E-state index in [9.17, 15) is 15.0 Å². The van der Waals surface area contributed by atoms with E-state index >= 15 is 0 Å². The Kier molecular flexibility index (Phi) is 3.22. The molecule has 86 valence electrons. The third kappa shape index (κ3) is 2.23. The number of benzene rings is 1. The molecule has 0 aromatic heterocycles. The minimum absolute atomic E-state index is 0.0912. The molecule has 1 aromatic carbocycles. The molecular weight excluding hydrogens is 206 g/mol. The number of β-amino-alcohol motifs (C(OH)–C–C–N with tert-alkyl or cyclic N) is 1. The molecular formula is C12H15NO3. The first kappa shape index (κ1) is 11.1. The second kappa shape index (κ2) is 4.63. The number of likely N-dealkylation sites (tertiary alicyclic amines) is 1. The van der Waals surface area contributed by atoms with Crippen molar-refractivity contribution in [2.75, 3.05) is 13.1 Å². The average molecular weight is 221 g/mol. The predicted octanol–water partition coefficient (Wildman–Crippen LogP) is 0.254. The Morgan fingerprint density at radius 3 is 2.50 bits per heavy atom. The van der Waals surface area contributed by atoms with Crippen LogP contribution in [0.2, 0.25) is 0 Å². The highest BCUT2D eigenvalue weighted by atomic mass is 16.3. The Morgan fingerprint density at radius 1 is 1.19 bits per heavy atom. The van der Waals surface area contributed by atoms with E-state index in [2.05, 4.69) is 0 Å². The molecule has 1 amide bonds. The number of hydrogen-bond acceptors (Lipinski definition) is 3. The van der Waals surface area contributed by atoms with E-state index in [1.807, 2.05) is 18.2 Å². The molecule has 1 aromatic rings. The second-order valence-electron chi connectivity index (χ2n) is 4.04. The molecule has 1 aliphatic rings. The van der Waals surface area contributed by atoms with Crippen molar-refractivity contribution in [2.45, 2.75) is 18.6 Å². The quantitative estimate of drug-likeness (QED) is 0.715. The summed E-state index contributed by atoms with van der Waals surface area (Å²) in [4.78, 5) is 13.6. The van der Waals surface area contributed by atoms with Gasteiger partial charge in [-0.05, 0) is 18.6 Å². The number of aliphatic hydroxyl groups excluding tert-OH is 2. The van der Waals surface area contributed by atoms with Crippen molar-refractivity contribution in [1.82, 2.24) is 4.90 Å². The van der Waals surface area contributed by atoms with Gasteiger partial charge in [-0.2, -0.15) is 0 Å². The highest BCUT2D eigenvalue weighted by Gasteiger charge is 2.28. The normalized spacial score (nSPS) is 25.5. The fraction of sp³-hybridized carbons (Fsp3) is 0.417. The minimum atomic E-state index is -0.832. The van der Waals surface area contributed by atoms with E-state index in [1.165, 1.54) is 0 Å². The molecule has 2 atom stereocenters. The van der Waals surface area contributed by atoms with Crippen LogP contribution in [0.15, 0.2) is 30.3 Å². The Hall–Kier alpha value is -1.39. The predicted molar refractivity (Wildman–Crippen MR) is 59.0 cm³/mol. The summed E-state index contributed by atoms with van der Waals surface area (Å²) in [5, 5.41) is 18.9. The molecule has 0 radical (unpaired) electrons. The molecule has 4 heteroatoms. The lowest BCUT2D eigenvalue weighted by Crippen LogP contribution is -2.48. The molecule has 1 aliphatic heterocycles. The molecule has 4 nitrogen and oxygen atoms in total. The van der Waals surface area contributed by atoms with Gasteiger partial charge in [-0.1, -0.05) is 18.2 Å². The number of rotatable bonds is 1. The summed E-state index contributed by atoms with van der Waals surface area (Å²) < 4.78 is 0. The summed E-state index contributed by atoms with van der Waals surface area (Å²) >= 11 is 0. The molecule has 0 spiro atoms. The molecule has 1 saturated heterocycles. The first-order valence-corrected chi connectivity index (χ1v) is 5.39. The van der Waals surface area contributed by atoms with Crippen LogP contribution in [0.25, 0.3) is 0 Å². The summed E-state index contributed by atoms with van der Waals surface area (Å²) in [6.07, 6.45) is -1.11. The van der Waals surface area contributed by atoms with Gasteiger partial charge in [0.2, 0.25) is 0 Å². The summed E-state index contributed by atoms with van der Waals surface area (Å²) in [6, 6.07) is 8.97. The van der Waals surface area contributed by atoms with Crippen molar-refractivity contribution in [3.8, 4) is 0 Å². The van der Waals surface area contributed by atoms with Gasteiger partial charge in [0.05, 0.1) is 12.2 Å². The molecule has 1 heterocycles. The standard InChI is InChI=1S/C12H15NO3/c14-10-6-7-13(8-11(10)15)12(16)9-4-2-1-3-5-9/h1-5,10-11,14-15H,6-8H2/t10-,11-/m0/s1. The number of nitrogens with zero attached hydrogens (tertiary/aromatic N) is 1. The van der Waals surface area contributed by atoms with Crippen LogP contribution in [0.4, 0.5) is 0 Å². The van der Waals surface area contributed by atoms with Gasteiger partial charge in [-0.3, -0.25) is 4.79 Å². The third-order valence-corrected chi connectivity index (χ3v) is 2.85. The number of carbonyl (C=O) groups excluding carboxylic acids is 1. The SMILES string of the molecule is O=C(c1ccccc1)N1CC[C@H](O)[C@@H](O)C1. The van der Waals surface area contributed by atoms with E-state index in [0.29, 0.717) is 18.5 Å². The van der Waals surface area contributed by atoms with Crippen LogP contribution in [0.1, 0.15) is 16.8 Å². The topological polar surface area (TPSA) is 60.8 Å². The Morgan fingerprint density at radius 2 is 1.88 bits per heavy atom. The average Bonchev–Trinajstić information content (AvgIpc) is 2.33. The third-order valence-electron chi connectivity index (χ3n) is 2.85. The van der Waals surface area contributed by atoms with Crippen molar-refractivity contribution >= 4 is 5.91 Å². The molecule has 2 N–H and O–H groups in total. The van der Waals surface area contributed by atoms with Gasteiger partial charge in [0, 0.05) is 18.7 Å². The number of piperidine rings is 1. The summed E-state index contributed by atoms with van der Waals surface area (Å²) in [5.74, 6) is -0.0912. The van der Waals surface area contributed by atoms with Crippen LogP contribution in [-0.2, 0) is 0 Å². The van der Waals surface area contributed by atoms with E-state index in [4.69, 9.17) is 0 Å². The van der Waals surface area contributed by atoms with E-state index < -0.39 is 12.2 Å². The number of hydrogen-bond donors (Lipinski definition) is 2. The van der Waals surface area contributed by atoms with Crippen molar-refractivity contribution in [2.24, 2.45) is 0 Å². The number of amides is 1. The fourth-order valence-electron chi connectivity index (χ4n) is 1.87. The van der Waals surface area contributed by atoms with Crippen LogP contribution in [0.3, 0.4) is 0 Å². The number of aliphatic hydroxyl groups is 2. The van der Waals surface area contributed by atoms with Crippen LogP contribution >= 0.6 is 0 Å². The lowest BCUT2D eigenvalue weighted by molar-refractivity contribution is -0.0321. The summed E-state index contributed by atoms with van der Waals surface area (Å²) in [7, 11) is 0. The van der Waals surface area contributed by atoms with E-state index in [1.54, 1.807) is 17.0 Å². The Bertz CT molecular complexity index is 366. The van der Waals surface area contributed by atoms with Gasteiger partial charge in [-0.25, -0.2) is 0 Å². The van der Waals surface area contributed by atoms with Crippen molar-refractivity contribution in [3.63, 3.8) is 0 Å². The lowest BCUT2D eigenvalue weighted by atomic mass is 10.0. The van der Waals surface area contributed by atoms with Gasteiger partial charge in [0.25, 0.3) is 5.91 Å². The highest BCUT2D eigenvalue weighted by molar-refractivity contribution is 5.94. The monoisotopic (exact) mass is 221 g/mol. The van der Waals surface area contributed by atoms with E-state index in [0.717, 1.165) is 0 Å². The molecule has 1 fully saturated rings. The molecule has 16 heavy (non-hydrogen) atoms. The summed E-state index contributed by atoms with van der Waals surface area (Å²) in [5.41, 5.74) is 0.617. The van der Waals surface area contributed by atoms with E-state index in [-0.39, 0.29) is 12.5 Å². The van der Waals surface area contributed by atoms with Crippen LogP contribution in [0, 0.1) is 0 Å². The lowest BCUT2D eigenvalue weighted by Gasteiger charge is -2.33.